The number of likely N-dealkylation sites (tertiary alicyclic amines) is 1. The van der Waals surface area contributed by atoms with Gasteiger partial charge in [0.05, 0.1) is 23.1 Å². The molecule has 1 N–H and O–H groups in total. The molecule has 1 saturated heterocycles. The first-order valence-corrected chi connectivity index (χ1v) is 15.5. The number of hydrogen-bond acceptors (Lipinski definition) is 6. The number of nitrogens with zero attached hydrogens (tertiary/aromatic N) is 5. The number of aromatic nitrogens is 3. The number of halogens is 1. The van der Waals surface area contributed by atoms with Crippen molar-refractivity contribution in [3.05, 3.63) is 39.7 Å². The van der Waals surface area contributed by atoms with E-state index in [4.69, 9.17) is 16.3 Å². The second-order valence-electron chi connectivity index (χ2n) is 13.0. The minimum absolute atomic E-state index is 0.0278. The Morgan fingerprint density at radius 1 is 1.21 bits per heavy atom. The average Bonchev–Trinajstić information content (AvgIpc) is 3.56. The first-order valence-electron chi connectivity index (χ1n) is 15.2. The van der Waals surface area contributed by atoms with Gasteiger partial charge < -0.3 is 19.9 Å². The molecule has 1 aromatic carbocycles. The summed E-state index contributed by atoms with van der Waals surface area (Å²) in [5, 5.41) is 11.8. The molecule has 6 rings (SSSR count). The van der Waals surface area contributed by atoms with Crippen LogP contribution < -0.4 is 10.1 Å². The van der Waals surface area contributed by atoms with Crippen LogP contribution in [0.2, 0.25) is 5.02 Å². The fourth-order valence-electron chi connectivity index (χ4n) is 7.44. The van der Waals surface area contributed by atoms with Crippen molar-refractivity contribution in [2.75, 3.05) is 26.7 Å². The van der Waals surface area contributed by atoms with Gasteiger partial charge in [-0.2, -0.15) is 0 Å². The quantitative estimate of drug-likeness (QED) is 0.522. The summed E-state index contributed by atoms with van der Waals surface area (Å²) in [6, 6.07) is 3.27. The van der Waals surface area contributed by atoms with Gasteiger partial charge in [0.15, 0.2) is 0 Å². The van der Waals surface area contributed by atoms with Gasteiger partial charge in [0, 0.05) is 50.7 Å². The summed E-state index contributed by atoms with van der Waals surface area (Å²) >= 11 is 6.79. The smallest absolute Gasteiger partial charge is 0.227 e. The van der Waals surface area contributed by atoms with Crippen LogP contribution in [0.1, 0.15) is 80.4 Å². The Balaban J connectivity index is 1.38. The molecule has 2 aromatic rings. The molecule has 226 valence electrons. The van der Waals surface area contributed by atoms with Crippen molar-refractivity contribution in [3.8, 4) is 5.75 Å². The van der Waals surface area contributed by atoms with E-state index in [1.807, 2.05) is 42.8 Å². The SMILES string of the molecule is CNC(=O)[C@@]1(C)CCCC[C@H]1C(=O)N1CCc2c(Cl)ccc(OCc3nnn(C)c3C)c2C1CN1CC2(CC2)CC1=O. The maximum Gasteiger partial charge on any atom is 0.227 e. The first kappa shape index (κ1) is 29.0. The van der Waals surface area contributed by atoms with Gasteiger partial charge in [0.1, 0.15) is 18.1 Å². The minimum atomic E-state index is -0.784. The van der Waals surface area contributed by atoms with Gasteiger partial charge in [0.25, 0.3) is 0 Å². The second-order valence-corrected chi connectivity index (χ2v) is 13.4. The molecule has 10 nitrogen and oxygen atoms in total. The van der Waals surface area contributed by atoms with E-state index in [9.17, 15) is 14.4 Å². The minimum Gasteiger partial charge on any atom is -0.487 e. The third-order valence-electron chi connectivity index (χ3n) is 10.4. The Morgan fingerprint density at radius 2 is 2.00 bits per heavy atom. The third kappa shape index (κ3) is 4.95. The summed E-state index contributed by atoms with van der Waals surface area (Å²) in [6.07, 6.45) is 6.44. The van der Waals surface area contributed by atoms with Crippen LogP contribution in [0.25, 0.3) is 0 Å². The number of aryl methyl sites for hydroxylation is 1. The van der Waals surface area contributed by atoms with E-state index < -0.39 is 17.4 Å². The molecule has 2 saturated carbocycles. The standard InChI is InChI=1S/C31H41ClN6O4/c1-19-23(34-35-36(19)4)17-42-25-9-8-22(32)20-10-14-38(28(40)21-7-5-6-11-30(21,2)29(41)33-3)24(27(20)25)16-37-18-31(12-13-31)15-26(37)39/h8-9,21,24H,5-7,10-18H2,1-4H3,(H,33,41)/t21-,24?,30-/m0/s1. The van der Waals surface area contributed by atoms with Crippen LogP contribution in [0.3, 0.4) is 0 Å². The number of fused-ring (bicyclic) bond motifs is 1. The highest BCUT2D eigenvalue weighted by atomic mass is 35.5. The molecule has 0 radical (unpaired) electrons. The fraction of sp³-hybridized carbons (Fsp3) is 0.645. The van der Waals surface area contributed by atoms with Crippen molar-refractivity contribution in [1.29, 1.82) is 0 Å². The zero-order valence-electron chi connectivity index (χ0n) is 25.0. The average molecular weight is 597 g/mol. The monoisotopic (exact) mass is 596 g/mol. The van der Waals surface area contributed by atoms with Gasteiger partial charge in [-0.1, -0.05) is 29.7 Å². The second kappa shape index (κ2) is 10.8. The lowest BCUT2D eigenvalue weighted by Crippen LogP contribution is -2.54. The zero-order chi connectivity index (χ0) is 29.8. The highest BCUT2D eigenvalue weighted by Crippen LogP contribution is 2.54. The molecule has 1 aromatic heterocycles. The lowest BCUT2D eigenvalue weighted by Gasteiger charge is -2.46. The molecule has 42 heavy (non-hydrogen) atoms. The summed E-state index contributed by atoms with van der Waals surface area (Å²) in [5.74, 6) is 0.211. The highest BCUT2D eigenvalue weighted by molar-refractivity contribution is 6.31. The molecule has 3 heterocycles. The number of ether oxygens (including phenoxy) is 1. The summed E-state index contributed by atoms with van der Waals surface area (Å²) in [6.45, 7) is 5.65. The van der Waals surface area contributed by atoms with Gasteiger partial charge in [-0.3, -0.25) is 19.1 Å². The van der Waals surface area contributed by atoms with Gasteiger partial charge >= 0.3 is 0 Å². The lowest BCUT2D eigenvalue weighted by atomic mass is 9.66. The Hall–Kier alpha value is -3.14. The summed E-state index contributed by atoms with van der Waals surface area (Å²) in [5.41, 5.74) is 2.76. The number of nitrogens with one attached hydrogen (secondary N) is 1. The summed E-state index contributed by atoms with van der Waals surface area (Å²) < 4.78 is 8.11. The summed E-state index contributed by atoms with van der Waals surface area (Å²) in [4.78, 5) is 44.8. The molecule has 0 bridgehead atoms. The van der Waals surface area contributed by atoms with E-state index in [2.05, 4.69) is 15.6 Å². The number of hydrogen-bond donors (Lipinski definition) is 1. The molecule has 3 fully saturated rings. The maximum absolute atomic E-state index is 14.6. The van der Waals surface area contributed by atoms with Crippen molar-refractivity contribution in [2.45, 2.75) is 77.9 Å². The van der Waals surface area contributed by atoms with Gasteiger partial charge in [-0.15, -0.1) is 5.10 Å². The van der Waals surface area contributed by atoms with E-state index in [-0.39, 0.29) is 29.7 Å². The van der Waals surface area contributed by atoms with Crippen molar-refractivity contribution in [1.82, 2.24) is 30.1 Å². The molecule has 1 unspecified atom stereocenters. The van der Waals surface area contributed by atoms with Crippen LogP contribution in [-0.4, -0.2) is 69.2 Å². The molecule has 1 spiro atoms. The predicted molar refractivity (Wildman–Crippen MR) is 157 cm³/mol. The number of rotatable bonds is 7. The van der Waals surface area contributed by atoms with Gasteiger partial charge in [0.2, 0.25) is 17.7 Å². The van der Waals surface area contributed by atoms with E-state index in [1.54, 1.807) is 11.7 Å². The number of benzene rings is 1. The number of carbonyl (C=O) groups is 3. The largest absolute Gasteiger partial charge is 0.487 e. The Kier molecular flexibility index (Phi) is 7.48. The van der Waals surface area contributed by atoms with Crippen LogP contribution in [0, 0.1) is 23.7 Å². The van der Waals surface area contributed by atoms with Crippen molar-refractivity contribution in [2.24, 2.45) is 23.8 Å². The normalized spacial score (nSPS) is 26.4. The first-order chi connectivity index (χ1) is 20.1. The molecule has 2 aliphatic heterocycles. The number of carbonyl (C=O) groups excluding carboxylic acids is 3. The maximum atomic E-state index is 14.6. The lowest BCUT2D eigenvalue weighted by molar-refractivity contribution is -0.153. The van der Waals surface area contributed by atoms with Crippen LogP contribution in [-0.2, 0) is 34.5 Å². The van der Waals surface area contributed by atoms with Crippen LogP contribution in [0.15, 0.2) is 12.1 Å². The third-order valence-corrected chi connectivity index (χ3v) is 10.8. The van der Waals surface area contributed by atoms with E-state index in [0.717, 1.165) is 48.2 Å². The zero-order valence-corrected chi connectivity index (χ0v) is 25.8. The molecular formula is C31H41ClN6O4. The van der Waals surface area contributed by atoms with E-state index in [0.29, 0.717) is 56.1 Å². The summed E-state index contributed by atoms with van der Waals surface area (Å²) in [7, 11) is 3.48. The molecule has 3 atom stereocenters. The molecule has 3 amide bonds. The van der Waals surface area contributed by atoms with Crippen molar-refractivity contribution >= 4 is 29.3 Å². The van der Waals surface area contributed by atoms with Crippen molar-refractivity contribution in [3.63, 3.8) is 0 Å². The molecule has 11 heteroatoms. The Labute approximate surface area is 252 Å². The highest BCUT2D eigenvalue weighted by Gasteiger charge is 2.53. The van der Waals surface area contributed by atoms with Crippen LogP contribution in [0.4, 0.5) is 0 Å². The Morgan fingerprint density at radius 3 is 2.67 bits per heavy atom. The molecule has 2 aliphatic carbocycles. The predicted octanol–water partition coefficient (Wildman–Crippen LogP) is 3.74. The topological polar surface area (TPSA) is 110 Å². The van der Waals surface area contributed by atoms with E-state index >= 15 is 0 Å². The van der Waals surface area contributed by atoms with E-state index in [1.165, 1.54) is 0 Å². The number of amides is 3. The van der Waals surface area contributed by atoms with Crippen molar-refractivity contribution < 1.29 is 19.1 Å². The molecule has 4 aliphatic rings. The van der Waals surface area contributed by atoms with Crippen LogP contribution in [0.5, 0.6) is 5.75 Å². The Bertz CT molecular complexity index is 1420. The van der Waals surface area contributed by atoms with Gasteiger partial charge in [-0.05, 0) is 69.1 Å². The van der Waals surface area contributed by atoms with Crippen LogP contribution >= 0.6 is 11.6 Å². The fourth-order valence-corrected chi connectivity index (χ4v) is 7.70. The van der Waals surface area contributed by atoms with Gasteiger partial charge in [-0.25, -0.2) is 0 Å². The molecular weight excluding hydrogens is 556 g/mol.